The first kappa shape index (κ1) is 11.7. The van der Waals surface area contributed by atoms with E-state index in [1.54, 1.807) is 0 Å². The van der Waals surface area contributed by atoms with Gasteiger partial charge in [0.25, 0.3) is 0 Å². The summed E-state index contributed by atoms with van der Waals surface area (Å²) in [7, 11) is 0. The van der Waals surface area contributed by atoms with Crippen molar-refractivity contribution < 1.29 is 4.74 Å². The Hall–Kier alpha value is -1.38. The molecule has 18 heavy (non-hydrogen) atoms. The van der Waals surface area contributed by atoms with Crippen LogP contribution < -0.4 is 0 Å². The van der Waals surface area contributed by atoms with Gasteiger partial charge in [-0.3, -0.25) is 0 Å². The van der Waals surface area contributed by atoms with Crippen LogP contribution in [0.4, 0.5) is 0 Å². The molecule has 3 rings (SSSR count). The van der Waals surface area contributed by atoms with E-state index >= 15 is 0 Å². The van der Waals surface area contributed by atoms with Gasteiger partial charge in [0.1, 0.15) is 12.3 Å². The first-order valence-electron chi connectivity index (χ1n) is 6.90. The molecule has 1 aromatic rings. The molecule has 3 nitrogen and oxygen atoms in total. The van der Waals surface area contributed by atoms with Crippen molar-refractivity contribution in [2.24, 2.45) is 10.9 Å². The topological polar surface area (TPSA) is 34.5 Å². The molecule has 1 aliphatic heterocycles. The van der Waals surface area contributed by atoms with Crippen LogP contribution in [0.5, 0.6) is 0 Å². The number of rotatable bonds is 4. The zero-order chi connectivity index (χ0) is 12.5. The molecule has 2 heterocycles. The van der Waals surface area contributed by atoms with Crippen molar-refractivity contribution in [3.63, 3.8) is 0 Å². The molecule has 0 amide bonds. The number of hydrogen-bond acceptors (Lipinski definition) is 3. The van der Waals surface area contributed by atoms with Crippen LogP contribution in [0.3, 0.4) is 0 Å². The minimum atomic E-state index is 0.311. The minimum Gasteiger partial charge on any atom is -0.474 e. The fourth-order valence-electron chi connectivity index (χ4n) is 2.40. The standard InChI is InChI=1S/C15H20N2O/c1-10(2)8-12-9-18-15(16-12)14-5-3-4-13(17-14)11-6-7-11/h3-5,10-12H,6-9H2,1-2H3/t12-/m1/s1. The van der Waals surface area contributed by atoms with E-state index in [9.17, 15) is 0 Å². The summed E-state index contributed by atoms with van der Waals surface area (Å²) in [6, 6.07) is 6.49. The zero-order valence-electron chi connectivity index (χ0n) is 11.1. The maximum atomic E-state index is 5.70. The zero-order valence-corrected chi connectivity index (χ0v) is 11.1. The van der Waals surface area contributed by atoms with Crippen molar-refractivity contribution in [1.29, 1.82) is 0 Å². The van der Waals surface area contributed by atoms with E-state index in [0.29, 0.717) is 24.5 Å². The third-order valence-electron chi connectivity index (χ3n) is 3.44. The van der Waals surface area contributed by atoms with Crippen LogP contribution >= 0.6 is 0 Å². The number of nitrogens with zero attached hydrogens (tertiary/aromatic N) is 2. The number of ether oxygens (including phenoxy) is 1. The summed E-state index contributed by atoms with van der Waals surface area (Å²) in [4.78, 5) is 9.33. The third-order valence-corrected chi connectivity index (χ3v) is 3.44. The molecule has 0 bridgehead atoms. The summed E-state index contributed by atoms with van der Waals surface area (Å²) >= 11 is 0. The van der Waals surface area contributed by atoms with Crippen LogP contribution in [0.1, 0.15) is 50.4 Å². The largest absolute Gasteiger partial charge is 0.474 e. The molecule has 2 aliphatic rings. The predicted octanol–water partition coefficient (Wildman–Crippen LogP) is 3.15. The van der Waals surface area contributed by atoms with Crippen molar-refractivity contribution in [2.75, 3.05) is 6.61 Å². The van der Waals surface area contributed by atoms with E-state index in [0.717, 1.165) is 18.0 Å². The van der Waals surface area contributed by atoms with Gasteiger partial charge in [-0.15, -0.1) is 0 Å². The molecule has 3 heteroatoms. The highest BCUT2D eigenvalue weighted by molar-refractivity contribution is 5.93. The average molecular weight is 244 g/mol. The predicted molar refractivity (Wildman–Crippen MR) is 71.9 cm³/mol. The molecular weight excluding hydrogens is 224 g/mol. The van der Waals surface area contributed by atoms with E-state index in [1.807, 2.05) is 6.07 Å². The van der Waals surface area contributed by atoms with Gasteiger partial charge in [-0.05, 0) is 37.3 Å². The average Bonchev–Trinajstić information content (AvgIpc) is 3.10. The molecular formula is C15H20N2O. The number of hydrogen-bond donors (Lipinski definition) is 0. The maximum Gasteiger partial charge on any atom is 0.235 e. The van der Waals surface area contributed by atoms with Crippen molar-refractivity contribution in [1.82, 2.24) is 4.98 Å². The lowest BCUT2D eigenvalue weighted by Crippen LogP contribution is -2.09. The smallest absolute Gasteiger partial charge is 0.235 e. The van der Waals surface area contributed by atoms with E-state index < -0.39 is 0 Å². The fourth-order valence-corrected chi connectivity index (χ4v) is 2.40. The van der Waals surface area contributed by atoms with Crippen LogP contribution in [-0.4, -0.2) is 23.5 Å². The van der Waals surface area contributed by atoms with Gasteiger partial charge in [-0.1, -0.05) is 19.9 Å². The highest BCUT2D eigenvalue weighted by atomic mass is 16.5. The van der Waals surface area contributed by atoms with Gasteiger partial charge in [-0.25, -0.2) is 9.98 Å². The Morgan fingerprint density at radius 1 is 1.33 bits per heavy atom. The van der Waals surface area contributed by atoms with Crippen LogP contribution in [0.15, 0.2) is 23.2 Å². The quantitative estimate of drug-likeness (QED) is 0.815. The second-order valence-corrected chi connectivity index (χ2v) is 5.75. The lowest BCUT2D eigenvalue weighted by molar-refractivity contribution is 0.301. The molecule has 0 aromatic carbocycles. The summed E-state index contributed by atoms with van der Waals surface area (Å²) in [5.41, 5.74) is 2.11. The van der Waals surface area contributed by atoms with E-state index in [1.165, 1.54) is 18.5 Å². The second kappa shape index (κ2) is 4.71. The molecule has 0 radical (unpaired) electrons. The van der Waals surface area contributed by atoms with Gasteiger partial charge in [0.15, 0.2) is 0 Å². The molecule has 0 saturated heterocycles. The van der Waals surface area contributed by atoms with Gasteiger partial charge >= 0.3 is 0 Å². The van der Waals surface area contributed by atoms with Crippen LogP contribution in [0, 0.1) is 5.92 Å². The fraction of sp³-hybridized carbons (Fsp3) is 0.600. The van der Waals surface area contributed by atoms with Crippen molar-refractivity contribution in [3.05, 3.63) is 29.6 Å². The Morgan fingerprint density at radius 3 is 2.89 bits per heavy atom. The second-order valence-electron chi connectivity index (χ2n) is 5.75. The Kier molecular flexibility index (Phi) is 3.06. The third kappa shape index (κ3) is 2.55. The van der Waals surface area contributed by atoms with Gasteiger partial charge in [0, 0.05) is 11.6 Å². The van der Waals surface area contributed by atoms with Crippen molar-refractivity contribution in [3.8, 4) is 0 Å². The van der Waals surface area contributed by atoms with Gasteiger partial charge < -0.3 is 4.74 Å². The van der Waals surface area contributed by atoms with Crippen molar-refractivity contribution >= 4 is 5.90 Å². The molecule has 0 spiro atoms. The first-order valence-corrected chi connectivity index (χ1v) is 6.90. The lowest BCUT2D eigenvalue weighted by Gasteiger charge is -2.06. The SMILES string of the molecule is CC(C)C[C@@H]1COC(c2cccc(C3CC3)n2)=N1. The molecule has 1 aromatic heterocycles. The summed E-state index contributed by atoms with van der Waals surface area (Å²) in [5.74, 6) is 2.08. The monoisotopic (exact) mass is 244 g/mol. The van der Waals surface area contributed by atoms with Gasteiger partial charge in [0.2, 0.25) is 5.90 Å². The van der Waals surface area contributed by atoms with Crippen LogP contribution in [0.25, 0.3) is 0 Å². The van der Waals surface area contributed by atoms with E-state index in [4.69, 9.17) is 4.74 Å². The molecule has 96 valence electrons. The lowest BCUT2D eigenvalue weighted by atomic mass is 10.1. The van der Waals surface area contributed by atoms with Crippen LogP contribution in [0.2, 0.25) is 0 Å². The molecule has 1 saturated carbocycles. The molecule has 1 fully saturated rings. The molecule has 1 aliphatic carbocycles. The normalized spacial score (nSPS) is 23.1. The summed E-state index contributed by atoms with van der Waals surface area (Å²) < 4.78 is 5.70. The number of pyridine rings is 1. The Balaban J connectivity index is 1.76. The van der Waals surface area contributed by atoms with Crippen LogP contribution in [-0.2, 0) is 4.74 Å². The van der Waals surface area contributed by atoms with E-state index in [2.05, 4.69) is 36.0 Å². The van der Waals surface area contributed by atoms with Crippen molar-refractivity contribution in [2.45, 2.75) is 45.1 Å². The summed E-state index contributed by atoms with van der Waals surface area (Å²) in [5, 5.41) is 0. The highest BCUT2D eigenvalue weighted by Crippen LogP contribution is 2.38. The molecule has 0 N–H and O–H groups in total. The first-order chi connectivity index (χ1) is 8.72. The van der Waals surface area contributed by atoms with Gasteiger partial charge in [0.05, 0.1) is 6.04 Å². The van der Waals surface area contributed by atoms with Gasteiger partial charge in [-0.2, -0.15) is 0 Å². The Bertz CT molecular complexity index is 463. The Morgan fingerprint density at radius 2 is 2.17 bits per heavy atom. The number of aromatic nitrogens is 1. The highest BCUT2D eigenvalue weighted by Gasteiger charge is 2.27. The minimum absolute atomic E-state index is 0.311. The molecule has 1 atom stereocenters. The maximum absolute atomic E-state index is 5.70. The Labute approximate surface area is 108 Å². The summed E-state index contributed by atoms with van der Waals surface area (Å²) in [6.45, 7) is 5.15. The van der Waals surface area contributed by atoms with E-state index in [-0.39, 0.29) is 0 Å². The number of aliphatic imine (C=N–C) groups is 1. The molecule has 0 unspecified atom stereocenters. The summed E-state index contributed by atoms with van der Waals surface area (Å²) in [6.07, 6.45) is 3.64.